The minimum Gasteiger partial charge on any atom is -0.495 e. The van der Waals surface area contributed by atoms with E-state index in [-0.39, 0.29) is 21.4 Å². The number of benzene rings is 3. The zero-order valence-corrected chi connectivity index (χ0v) is 20.6. The third-order valence-electron chi connectivity index (χ3n) is 5.62. The number of carbonyl (C=O) groups excluding carboxylic acids is 1. The fraction of sp³-hybridized carbons (Fsp3) is 0.240. The molecule has 3 rings (SSSR count). The van der Waals surface area contributed by atoms with Crippen molar-refractivity contribution in [2.45, 2.75) is 31.1 Å². The van der Waals surface area contributed by atoms with Crippen molar-refractivity contribution in [3.63, 3.8) is 0 Å². The van der Waals surface area contributed by atoms with Crippen LogP contribution in [0.4, 0.5) is 11.4 Å². The Kier molecular flexibility index (Phi) is 7.66. The second-order valence-corrected chi connectivity index (χ2v) is 10.0. The highest BCUT2D eigenvalue weighted by atomic mass is 35.5. The lowest BCUT2D eigenvalue weighted by molar-refractivity contribution is 0.102. The number of sulfonamides is 1. The molecule has 174 valence electrons. The number of amides is 1. The Bertz CT molecular complexity index is 1260. The van der Waals surface area contributed by atoms with E-state index in [2.05, 4.69) is 19.2 Å². The molecule has 0 unspecified atom stereocenters. The van der Waals surface area contributed by atoms with E-state index < -0.39 is 15.9 Å². The minimum atomic E-state index is -3.98. The topological polar surface area (TPSA) is 75.7 Å². The average Bonchev–Trinajstić information content (AvgIpc) is 2.83. The number of anilines is 2. The van der Waals surface area contributed by atoms with Gasteiger partial charge in [0, 0.05) is 12.7 Å². The van der Waals surface area contributed by atoms with Crippen LogP contribution >= 0.6 is 11.6 Å². The summed E-state index contributed by atoms with van der Waals surface area (Å²) in [5.74, 6) is 0.183. The summed E-state index contributed by atoms with van der Waals surface area (Å²) in [4.78, 5) is 13.0. The SMILES string of the molecule is CC[C@H](C)c1ccccc1NC(=O)c1cc(S(=O)(=O)N(C)c2ccccc2OC)ccc1Cl. The van der Waals surface area contributed by atoms with Crippen molar-refractivity contribution in [3.05, 3.63) is 82.9 Å². The number of methoxy groups -OCH3 is 1. The average molecular weight is 487 g/mol. The standard InChI is InChI=1S/C25H27ClN2O4S/c1-5-17(2)19-10-6-7-11-22(19)27-25(29)20-16-18(14-15-21(20)26)33(30,31)28(3)23-12-8-9-13-24(23)32-4/h6-17H,5H2,1-4H3,(H,27,29)/t17-/m0/s1. The Hall–Kier alpha value is -3.03. The van der Waals surface area contributed by atoms with Gasteiger partial charge in [0.25, 0.3) is 15.9 Å². The van der Waals surface area contributed by atoms with Gasteiger partial charge in [-0.15, -0.1) is 0 Å². The first-order valence-corrected chi connectivity index (χ1v) is 12.3. The smallest absolute Gasteiger partial charge is 0.264 e. The van der Waals surface area contributed by atoms with Gasteiger partial charge in [-0.2, -0.15) is 0 Å². The first kappa shape index (κ1) is 24.6. The van der Waals surface area contributed by atoms with Crippen LogP contribution in [0.5, 0.6) is 5.75 Å². The van der Waals surface area contributed by atoms with Gasteiger partial charge < -0.3 is 10.1 Å². The summed E-state index contributed by atoms with van der Waals surface area (Å²) < 4.78 is 33.1. The third-order valence-corrected chi connectivity index (χ3v) is 7.71. The van der Waals surface area contributed by atoms with Crippen molar-refractivity contribution in [2.75, 3.05) is 23.8 Å². The molecule has 1 N–H and O–H groups in total. The van der Waals surface area contributed by atoms with E-state index in [1.54, 1.807) is 24.3 Å². The van der Waals surface area contributed by atoms with Crippen molar-refractivity contribution < 1.29 is 17.9 Å². The van der Waals surface area contributed by atoms with Crippen LogP contribution in [0.2, 0.25) is 5.02 Å². The molecular formula is C25H27ClN2O4S. The fourth-order valence-corrected chi connectivity index (χ4v) is 4.90. The van der Waals surface area contributed by atoms with Crippen molar-refractivity contribution in [1.29, 1.82) is 0 Å². The third kappa shape index (κ3) is 5.15. The molecule has 3 aromatic rings. The molecule has 0 saturated heterocycles. The van der Waals surface area contributed by atoms with Crippen LogP contribution in [-0.2, 0) is 10.0 Å². The Morgan fingerprint density at radius 1 is 1.09 bits per heavy atom. The molecule has 3 aromatic carbocycles. The lowest BCUT2D eigenvalue weighted by atomic mass is 9.97. The van der Waals surface area contributed by atoms with E-state index >= 15 is 0 Å². The lowest BCUT2D eigenvalue weighted by Crippen LogP contribution is -2.27. The van der Waals surface area contributed by atoms with Gasteiger partial charge in [0.2, 0.25) is 0 Å². The molecule has 0 bridgehead atoms. The fourth-order valence-electron chi connectivity index (χ4n) is 3.47. The molecule has 6 nitrogen and oxygen atoms in total. The summed E-state index contributed by atoms with van der Waals surface area (Å²) in [6.07, 6.45) is 0.913. The van der Waals surface area contributed by atoms with E-state index in [0.29, 0.717) is 17.1 Å². The molecule has 1 amide bonds. The highest BCUT2D eigenvalue weighted by Gasteiger charge is 2.26. The molecule has 0 aliphatic carbocycles. The van der Waals surface area contributed by atoms with Crippen LogP contribution in [0.25, 0.3) is 0 Å². The summed E-state index contributed by atoms with van der Waals surface area (Å²) in [5.41, 5.74) is 2.13. The normalized spacial score (nSPS) is 12.2. The van der Waals surface area contributed by atoms with E-state index in [9.17, 15) is 13.2 Å². The Morgan fingerprint density at radius 3 is 2.45 bits per heavy atom. The molecule has 0 spiro atoms. The maximum atomic E-state index is 13.3. The predicted molar refractivity (Wildman–Crippen MR) is 133 cm³/mol. The second-order valence-electron chi connectivity index (χ2n) is 7.64. The van der Waals surface area contributed by atoms with Gasteiger partial charge in [0.15, 0.2) is 0 Å². The molecule has 0 fully saturated rings. The Labute approximate surface area is 200 Å². The maximum absolute atomic E-state index is 13.3. The van der Waals surface area contributed by atoms with Gasteiger partial charge in [-0.25, -0.2) is 8.42 Å². The lowest BCUT2D eigenvalue weighted by Gasteiger charge is -2.22. The van der Waals surface area contributed by atoms with Gasteiger partial charge in [-0.1, -0.05) is 55.8 Å². The van der Waals surface area contributed by atoms with Gasteiger partial charge in [0.05, 0.1) is 28.3 Å². The van der Waals surface area contributed by atoms with Crippen molar-refractivity contribution in [1.82, 2.24) is 0 Å². The van der Waals surface area contributed by atoms with Crippen LogP contribution in [-0.4, -0.2) is 28.5 Å². The first-order valence-electron chi connectivity index (χ1n) is 10.5. The molecule has 0 aliphatic rings. The minimum absolute atomic E-state index is 0.0549. The van der Waals surface area contributed by atoms with Gasteiger partial charge in [0.1, 0.15) is 5.75 Å². The molecule has 33 heavy (non-hydrogen) atoms. The van der Waals surface area contributed by atoms with E-state index in [0.717, 1.165) is 16.3 Å². The number of rotatable bonds is 8. The second kappa shape index (κ2) is 10.3. The zero-order valence-electron chi connectivity index (χ0n) is 19.0. The zero-order chi connectivity index (χ0) is 24.2. The molecule has 0 heterocycles. The largest absolute Gasteiger partial charge is 0.495 e. The van der Waals surface area contributed by atoms with Crippen LogP contribution < -0.4 is 14.4 Å². The Balaban J connectivity index is 1.96. The summed E-state index contributed by atoms with van der Waals surface area (Å²) >= 11 is 6.29. The highest BCUT2D eigenvalue weighted by molar-refractivity contribution is 7.92. The molecular weight excluding hydrogens is 460 g/mol. The summed E-state index contributed by atoms with van der Waals surface area (Å²) in [5, 5.41) is 3.05. The number of carbonyl (C=O) groups is 1. The summed E-state index contributed by atoms with van der Waals surface area (Å²) in [7, 11) is -1.07. The summed E-state index contributed by atoms with van der Waals surface area (Å²) in [6, 6.07) is 18.4. The monoisotopic (exact) mass is 486 g/mol. The van der Waals surface area contributed by atoms with Crippen LogP contribution in [0.3, 0.4) is 0 Å². The van der Waals surface area contributed by atoms with Crippen LogP contribution in [0.1, 0.15) is 42.1 Å². The van der Waals surface area contributed by atoms with E-state index in [1.807, 2.05) is 24.3 Å². The van der Waals surface area contributed by atoms with E-state index in [1.165, 1.54) is 32.4 Å². The van der Waals surface area contributed by atoms with E-state index in [4.69, 9.17) is 16.3 Å². The van der Waals surface area contributed by atoms with Crippen molar-refractivity contribution in [3.8, 4) is 5.75 Å². The summed E-state index contributed by atoms with van der Waals surface area (Å²) in [6.45, 7) is 4.16. The number of hydrogen-bond donors (Lipinski definition) is 1. The molecule has 1 atom stereocenters. The van der Waals surface area contributed by atoms with Gasteiger partial charge in [-0.3, -0.25) is 9.10 Å². The van der Waals surface area contributed by atoms with Crippen molar-refractivity contribution >= 4 is 38.9 Å². The molecule has 0 aromatic heterocycles. The number of nitrogens with zero attached hydrogens (tertiary/aromatic N) is 1. The molecule has 0 aliphatic heterocycles. The number of nitrogens with one attached hydrogen (secondary N) is 1. The molecule has 8 heteroatoms. The number of hydrogen-bond acceptors (Lipinski definition) is 4. The number of para-hydroxylation sites is 3. The quantitative estimate of drug-likeness (QED) is 0.427. The molecule has 0 radical (unpaired) electrons. The van der Waals surface area contributed by atoms with Gasteiger partial charge in [-0.05, 0) is 54.3 Å². The van der Waals surface area contributed by atoms with Gasteiger partial charge >= 0.3 is 0 Å². The Morgan fingerprint density at radius 2 is 1.76 bits per heavy atom. The number of halogens is 1. The number of ether oxygens (including phenoxy) is 1. The molecule has 0 saturated carbocycles. The van der Waals surface area contributed by atoms with Crippen LogP contribution in [0.15, 0.2) is 71.6 Å². The predicted octanol–water partition coefficient (Wildman–Crippen LogP) is 5.94. The van der Waals surface area contributed by atoms with Crippen LogP contribution in [0, 0.1) is 0 Å². The highest BCUT2D eigenvalue weighted by Crippen LogP contribution is 2.32. The first-order chi connectivity index (χ1) is 15.7. The van der Waals surface area contributed by atoms with Crippen molar-refractivity contribution in [2.24, 2.45) is 0 Å². The maximum Gasteiger partial charge on any atom is 0.264 e.